The van der Waals surface area contributed by atoms with Crippen molar-refractivity contribution in [2.75, 3.05) is 4.90 Å². The van der Waals surface area contributed by atoms with E-state index < -0.39 is 0 Å². The first-order valence-electron chi connectivity index (χ1n) is 16.2. The lowest BCUT2D eigenvalue weighted by atomic mass is 10.00. The minimum Gasteiger partial charge on any atom is -0.456 e. The summed E-state index contributed by atoms with van der Waals surface area (Å²) < 4.78 is 6.16. The van der Waals surface area contributed by atoms with E-state index >= 15 is 0 Å². The van der Waals surface area contributed by atoms with E-state index in [0.717, 1.165) is 55.5 Å². The van der Waals surface area contributed by atoms with E-state index in [1.54, 1.807) is 0 Å². The minimum atomic E-state index is 0.851. The van der Waals surface area contributed by atoms with Crippen molar-refractivity contribution in [1.82, 2.24) is 4.98 Å². The lowest BCUT2D eigenvalue weighted by molar-refractivity contribution is 0.669. The van der Waals surface area contributed by atoms with Crippen molar-refractivity contribution in [2.45, 2.75) is 0 Å². The molecule has 0 saturated carbocycles. The van der Waals surface area contributed by atoms with Gasteiger partial charge >= 0.3 is 0 Å². The van der Waals surface area contributed by atoms with Gasteiger partial charge in [0.15, 0.2) is 0 Å². The molecule has 9 aromatic rings. The molecule has 3 nitrogen and oxygen atoms in total. The molecule has 2 aromatic heterocycles. The molecule has 2 heterocycles. The molecular formula is C45H30N2O. The van der Waals surface area contributed by atoms with Gasteiger partial charge in [-0.15, -0.1) is 0 Å². The first-order valence-corrected chi connectivity index (χ1v) is 16.2. The van der Waals surface area contributed by atoms with E-state index in [4.69, 9.17) is 9.40 Å². The van der Waals surface area contributed by atoms with E-state index in [1.807, 2.05) is 24.4 Å². The Kier molecular flexibility index (Phi) is 6.80. The largest absolute Gasteiger partial charge is 0.456 e. The van der Waals surface area contributed by atoms with Crippen LogP contribution >= 0.6 is 0 Å². The number of anilines is 3. The minimum absolute atomic E-state index is 0.851. The van der Waals surface area contributed by atoms with Crippen LogP contribution in [0.1, 0.15) is 0 Å². The average molecular weight is 615 g/mol. The molecule has 0 atom stereocenters. The lowest BCUT2D eigenvalue weighted by Gasteiger charge is -2.26. The number of aromatic nitrogens is 1. The van der Waals surface area contributed by atoms with Crippen molar-refractivity contribution >= 4 is 49.9 Å². The molecule has 7 aromatic carbocycles. The third-order valence-corrected chi connectivity index (χ3v) is 9.09. The Morgan fingerprint density at radius 2 is 0.958 bits per heavy atom. The lowest BCUT2D eigenvalue weighted by Crippen LogP contribution is -2.10. The predicted molar refractivity (Wildman–Crippen MR) is 200 cm³/mol. The predicted octanol–water partition coefficient (Wildman–Crippen LogP) is 12.6. The number of fused-ring (bicyclic) bond motifs is 4. The summed E-state index contributed by atoms with van der Waals surface area (Å²) in [5.41, 5.74) is 12.9. The van der Waals surface area contributed by atoms with Crippen LogP contribution in [0.4, 0.5) is 17.1 Å². The van der Waals surface area contributed by atoms with Gasteiger partial charge in [-0.25, -0.2) is 0 Å². The Morgan fingerprint density at radius 3 is 1.67 bits per heavy atom. The van der Waals surface area contributed by atoms with Gasteiger partial charge in [-0.3, -0.25) is 4.98 Å². The molecule has 0 aliphatic carbocycles. The van der Waals surface area contributed by atoms with Gasteiger partial charge in [-0.2, -0.15) is 0 Å². The summed E-state index contributed by atoms with van der Waals surface area (Å²) in [5, 5.41) is 3.27. The highest BCUT2D eigenvalue weighted by Gasteiger charge is 2.16. The Bertz CT molecular complexity index is 2540. The van der Waals surface area contributed by atoms with Crippen LogP contribution in [0.3, 0.4) is 0 Å². The smallest absolute Gasteiger partial charge is 0.137 e. The molecule has 0 bridgehead atoms. The highest BCUT2D eigenvalue weighted by molar-refractivity contribution is 6.09. The van der Waals surface area contributed by atoms with Crippen molar-refractivity contribution in [1.29, 1.82) is 0 Å². The van der Waals surface area contributed by atoms with E-state index in [1.165, 1.54) is 27.8 Å². The maximum Gasteiger partial charge on any atom is 0.137 e. The van der Waals surface area contributed by atoms with E-state index in [0.29, 0.717) is 0 Å². The quantitative estimate of drug-likeness (QED) is 0.187. The summed E-state index contributed by atoms with van der Waals surface area (Å²) in [5.74, 6) is 0. The fourth-order valence-corrected chi connectivity index (χ4v) is 6.65. The molecule has 0 radical (unpaired) electrons. The second kappa shape index (κ2) is 11.7. The summed E-state index contributed by atoms with van der Waals surface area (Å²) in [6.07, 6.45) is 1.96. The van der Waals surface area contributed by atoms with Gasteiger partial charge < -0.3 is 9.32 Å². The third-order valence-electron chi connectivity index (χ3n) is 9.09. The van der Waals surface area contributed by atoms with E-state index in [2.05, 4.69) is 163 Å². The second-order valence-corrected chi connectivity index (χ2v) is 12.1. The standard InChI is InChI=1S/C45H30N2O/c1-3-10-31(11-4-1)33-18-20-34(21-19-33)35-22-24-38(25-23-35)47(39-15-9-14-36(26-39)32-12-5-2-6-13-32)40-27-37-28-42-41-16-7-8-17-44(41)48-45(42)29-43(37)46-30-40/h1-30H. The Morgan fingerprint density at radius 1 is 0.375 bits per heavy atom. The summed E-state index contributed by atoms with van der Waals surface area (Å²) in [4.78, 5) is 7.24. The van der Waals surface area contributed by atoms with Gasteiger partial charge in [0.2, 0.25) is 0 Å². The molecule has 3 heteroatoms. The number of benzene rings is 7. The van der Waals surface area contributed by atoms with Crippen LogP contribution in [0.15, 0.2) is 187 Å². The number of rotatable bonds is 6. The molecule has 226 valence electrons. The second-order valence-electron chi connectivity index (χ2n) is 12.1. The number of para-hydroxylation sites is 1. The third kappa shape index (κ3) is 5.08. The molecule has 0 fully saturated rings. The first-order chi connectivity index (χ1) is 23.8. The molecule has 0 N–H and O–H groups in total. The Balaban J connectivity index is 1.14. The highest BCUT2D eigenvalue weighted by atomic mass is 16.3. The molecule has 0 aliphatic heterocycles. The fourth-order valence-electron chi connectivity index (χ4n) is 6.65. The number of hydrogen-bond donors (Lipinski definition) is 0. The van der Waals surface area contributed by atoms with Crippen LogP contribution in [0, 0.1) is 0 Å². The first kappa shape index (κ1) is 27.8. The van der Waals surface area contributed by atoms with Crippen LogP contribution in [-0.4, -0.2) is 4.98 Å². The van der Waals surface area contributed by atoms with Crippen LogP contribution in [0.25, 0.3) is 66.2 Å². The molecule has 0 amide bonds. The number of furan rings is 1. The van der Waals surface area contributed by atoms with Crippen molar-refractivity contribution in [3.63, 3.8) is 0 Å². The molecule has 48 heavy (non-hydrogen) atoms. The molecule has 0 aliphatic rings. The number of pyridine rings is 1. The molecular weight excluding hydrogens is 585 g/mol. The van der Waals surface area contributed by atoms with Gasteiger partial charge in [-0.05, 0) is 75.8 Å². The topological polar surface area (TPSA) is 29.3 Å². The van der Waals surface area contributed by atoms with Gasteiger partial charge in [0.25, 0.3) is 0 Å². The zero-order chi connectivity index (χ0) is 31.9. The Labute approximate surface area is 279 Å². The number of hydrogen-bond acceptors (Lipinski definition) is 3. The van der Waals surface area contributed by atoms with Crippen molar-refractivity contribution in [2.24, 2.45) is 0 Å². The number of nitrogens with zero attached hydrogens (tertiary/aromatic N) is 2. The van der Waals surface area contributed by atoms with E-state index in [9.17, 15) is 0 Å². The van der Waals surface area contributed by atoms with Gasteiger partial charge in [0.1, 0.15) is 11.2 Å². The van der Waals surface area contributed by atoms with Gasteiger partial charge in [-0.1, -0.05) is 127 Å². The summed E-state index contributed by atoms with van der Waals surface area (Å²) in [6.45, 7) is 0. The zero-order valence-corrected chi connectivity index (χ0v) is 26.1. The summed E-state index contributed by atoms with van der Waals surface area (Å²) >= 11 is 0. The van der Waals surface area contributed by atoms with Gasteiger partial charge in [0, 0.05) is 33.6 Å². The normalized spacial score (nSPS) is 11.3. The zero-order valence-electron chi connectivity index (χ0n) is 26.1. The summed E-state index contributed by atoms with van der Waals surface area (Å²) in [6, 6.07) is 62.0. The maximum absolute atomic E-state index is 6.16. The Hall–Kier alpha value is -6.45. The van der Waals surface area contributed by atoms with Gasteiger partial charge in [0.05, 0.1) is 17.4 Å². The average Bonchev–Trinajstić information content (AvgIpc) is 3.52. The molecule has 0 spiro atoms. The summed E-state index contributed by atoms with van der Waals surface area (Å²) in [7, 11) is 0. The molecule has 0 unspecified atom stereocenters. The fraction of sp³-hybridized carbons (Fsp3) is 0. The van der Waals surface area contributed by atoms with E-state index in [-0.39, 0.29) is 0 Å². The van der Waals surface area contributed by atoms with Crippen LogP contribution in [-0.2, 0) is 0 Å². The monoisotopic (exact) mass is 614 g/mol. The molecule has 9 rings (SSSR count). The molecule has 0 saturated heterocycles. The van der Waals surface area contributed by atoms with Crippen LogP contribution < -0.4 is 4.90 Å². The van der Waals surface area contributed by atoms with Crippen LogP contribution in [0.5, 0.6) is 0 Å². The van der Waals surface area contributed by atoms with Crippen molar-refractivity contribution in [3.8, 4) is 33.4 Å². The SMILES string of the molecule is c1ccc(-c2ccc(-c3ccc(N(c4cccc(-c5ccccc5)c4)c4cnc5cc6oc7ccccc7c6cc5c4)cc3)cc2)cc1. The van der Waals surface area contributed by atoms with Crippen molar-refractivity contribution in [3.05, 3.63) is 182 Å². The maximum atomic E-state index is 6.16. The van der Waals surface area contributed by atoms with Crippen molar-refractivity contribution < 1.29 is 4.42 Å². The van der Waals surface area contributed by atoms with Crippen LogP contribution in [0.2, 0.25) is 0 Å². The highest BCUT2D eigenvalue weighted by Crippen LogP contribution is 2.39.